The Morgan fingerprint density at radius 3 is 1.16 bits per heavy atom. The molecule has 4 rings (SSSR count). The fourth-order valence-corrected chi connectivity index (χ4v) is 8.12. The van der Waals surface area contributed by atoms with Crippen LogP contribution in [0.3, 0.4) is 0 Å². The number of rotatable bonds is 29. The van der Waals surface area contributed by atoms with Gasteiger partial charge in [-0.2, -0.15) is 0 Å². The second-order valence-electron chi connectivity index (χ2n) is 17.3. The third-order valence-corrected chi connectivity index (χ3v) is 12.3. The Bertz CT molecular complexity index is 2300. The van der Waals surface area contributed by atoms with E-state index in [1.165, 1.54) is 12.1 Å². The van der Waals surface area contributed by atoms with E-state index in [1.54, 1.807) is 49.4 Å². The van der Waals surface area contributed by atoms with Gasteiger partial charge in [0.05, 0.1) is 34.4 Å². The quantitative estimate of drug-likeness (QED) is 0.0202. The summed E-state index contributed by atoms with van der Waals surface area (Å²) in [6.45, 7) is 25.2. The SMILES string of the molecule is C=CCc1c(OC(=O)C(CC)CCCC)ccc(-c2nc(-c3ccc(OC(=O)C(CC)CCCC)c(CC=C)c3O)nc(-c3ccc(OC(C)OC(=O)C(CC)CCCC)c(CC=C)c3O)n2)c1O. The summed E-state index contributed by atoms with van der Waals surface area (Å²) in [6, 6.07) is 9.36. The molecule has 0 aliphatic heterocycles. The Hall–Kier alpha value is -6.50. The van der Waals surface area contributed by atoms with Crippen molar-refractivity contribution in [3.63, 3.8) is 0 Å². The van der Waals surface area contributed by atoms with Gasteiger partial charge in [-0.1, -0.05) is 98.3 Å². The molecule has 69 heavy (non-hydrogen) atoms. The monoisotopic (exact) mass is 948 g/mol. The van der Waals surface area contributed by atoms with Crippen LogP contribution in [0.25, 0.3) is 34.2 Å². The highest BCUT2D eigenvalue weighted by Crippen LogP contribution is 2.43. The van der Waals surface area contributed by atoms with Crippen molar-refractivity contribution in [1.82, 2.24) is 15.0 Å². The molecule has 3 N–H and O–H groups in total. The van der Waals surface area contributed by atoms with Crippen LogP contribution in [0.5, 0.6) is 34.5 Å². The van der Waals surface area contributed by atoms with Crippen LogP contribution < -0.4 is 14.2 Å². The van der Waals surface area contributed by atoms with Gasteiger partial charge in [0.2, 0.25) is 6.29 Å². The fourth-order valence-electron chi connectivity index (χ4n) is 8.12. The predicted molar refractivity (Wildman–Crippen MR) is 270 cm³/mol. The number of phenols is 3. The van der Waals surface area contributed by atoms with E-state index in [2.05, 4.69) is 40.5 Å². The van der Waals surface area contributed by atoms with Crippen LogP contribution in [0.1, 0.15) is 142 Å². The molecule has 1 aromatic heterocycles. The van der Waals surface area contributed by atoms with Crippen molar-refractivity contribution >= 4 is 17.9 Å². The molecule has 0 spiro atoms. The molecule has 4 unspecified atom stereocenters. The maximum absolute atomic E-state index is 13.4. The molecular weight excluding hydrogens is 875 g/mol. The number of hydrogen-bond acceptors (Lipinski definition) is 13. The highest BCUT2D eigenvalue weighted by atomic mass is 16.7. The largest absolute Gasteiger partial charge is 0.507 e. The average Bonchev–Trinajstić information content (AvgIpc) is 3.33. The first-order chi connectivity index (χ1) is 33.2. The number of aromatic hydroxyl groups is 3. The lowest BCUT2D eigenvalue weighted by atomic mass is 9.99. The second-order valence-corrected chi connectivity index (χ2v) is 17.3. The topological polar surface area (TPSA) is 187 Å². The standard InChI is InChI=1S/C56H73N3O10/c1-11-20-26-36(17-7)54(63)67-35(10)66-45-32-29-42(48(60)39(45)23-14-4)51-57-52(43-30-33-46(40(24-15-5)49(43)61)68-55(64)37(18-8)27-21-12-2)59-53(58-51)44-31-34-47(41(25-16-6)50(44)62)69-56(65)38(19-9)28-22-13-3/h14-16,29-38,60-62H,4-6,11-13,17-28H2,1-3,7-10H3. The molecule has 0 saturated carbocycles. The molecule has 0 aliphatic carbocycles. The summed E-state index contributed by atoms with van der Waals surface area (Å²) in [5.41, 5.74) is 1.27. The Labute approximate surface area is 408 Å². The molecule has 13 nitrogen and oxygen atoms in total. The summed E-state index contributed by atoms with van der Waals surface area (Å²) in [6.07, 6.45) is 13.5. The van der Waals surface area contributed by atoms with E-state index in [9.17, 15) is 29.7 Å². The van der Waals surface area contributed by atoms with E-state index < -0.39 is 18.2 Å². The number of carbonyl (C=O) groups excluding carboxylic acids is 3. The van der Waals surface area contributed by atoms with Gasteiger partial charge in [0.1, 0.15) is 34.5 Å². The Kier molecular flexibility index (Phi) is 21.9. The number of nitrogens with zero attached hydrogens (tertiary/aromatic N) is 3. The van der Waals surface area contributed by atoms with Gasteiger partial charge in [0.25, 0.3) is 0 Å². The van der Waals surface area contributed by atoms with Crippen LogP contribution in [0, 0.1) is 17.8 Å². The van der Waals surface area contributed by atoms with Crippen LogP contribution in [0.4, 0.5) is 0 Å². The van der Waals surface area contributed by atoms with Gasteiger partial charge in [-0.3, -0.25) is 14.4 Å². The van der Waals surface area contributed by atoms with E-state index in [4.69, 9.17) is 33.9 Å². The highest BCUT2D eigenvalue weighted by molar-refractivity contribution is 5.81. The Morgan fingerprint density at radius 2 is 0.841 bits per heavy atom. The number of benzene rings is 3. The van der Waals surface area contributed by atoms with Crippen molar-refractivity contribution in [2.24, 2.45) is 17.8 Å². The lowest BCUT2D eigenvalue weighted by Gasteiger charge is -2.21. The smallest absolute Gasteiger partial charge is 0.314 e. The molecule has 372 valence electrons. The zero-order chi connectivity index (χ0) is 50.6. The van der Waals surface area contributed by atoms with Crippen LogP contribution >= 0.6 is 0 Å². The third-order valence-electron chi connectivity index (χ3n) is 12.3. The predicted octanol–water partition coefficient (Wildman–Crippen LogP) is 12.9. The molecule has 0 amide bonds. The zero-order valence-corrected chi connectivity index (χ0v) is 41.8. The zero-order valence-electron chi connectivity index (χ0n) is 41.8. The van der Waals surface area contributed by atoms with E-state index in [1.807, 2.05) is 20.8 Å². The molecule has 3 aromatic carbocycles. The number of allylic oxidation sites excluding steroid dienone is 3. The minimum absolute atomic E-state index is 0.0469. The number of aromatic nitrogens is 3. The van der Waals surface area contributed by atoms with Gasteiger partial charge in [-0.25, -0.2) is 15.0 Å². The highest BCUT2D eigenvalue weighted by Gasteiger charge is 2.28. The number of carbonyl (C=O) groups is 3. The van der Waals surface area contributed by atoms with E-state index in [0.29, 0.717) is 44.1 Å². The number of hydrogen-bond donors (Lipinski definition) is 3. The lowest BCUT2D eigenvalue weighted by Crippen LogP contribution is -2.26. The first-order valence-electron chi connectivity index (χ1n) is 24.7. The molecule has 4 aromatic rings. The van der Waals surface area contributed by atoms with Crippen LogP contribution in [0.15, 0.2) is 74.4 Å². The number of esters is 3. The lowest BCUT2D eigenvalue weighted by molar-refractivity contribution is -0.166. The van der Waals surface area contributed by atoms with Crippen molar-refractivity contribution in [3.8, 4) is 68.7 Å². The summed E-state index contributed by atoms with van der Waals surface area (Å²) < 4.78 is 23.7. The maximum Gasteiger partial charge on any atom is 0.314 e. The first kappa shape index (κ1) is 55.1. The molecule has 0 saturated heterocycles. The second kappa shape index (κ2) is 27.5. The molecule has 13 heteroatoms. The van der Waals surface area contributed by atoms with Gasteiger partial charge in [0, 0.05) is 23.6 Å². The van der Waals surface area contributed by atoms with Crippen molar-refractivity contribution in [2.75, 3.05) is 0 Å². The normalized spacial score (nSPS) is 12.9. The molecule has 0 bridgehead atoms. The van der Waals surface area contributed by atoms with Gasteiger partial charge >= 0.3 is 17.9 Å². The van der Waals surface area contributed by atoms with Crippen LogP contribution in [0.2, 0.25) is 0 Å². The summed E-state index contributed by atoms with van der Waals surface area (Å²) in [5.74, 6) is -2.47. The molecule has 0 fully saturated rings. The summed E-state index contributed by atoms with van der Waals surface area (Å²) >= 11 is 0. The van der Waals surface area contributed by atoms with Crippen molar-refractivity contribution in [3.05, 3.63) is 91.1 Å². The van der Waals surface area contributed by atoms with Gasteiger partial charge in [-0.15, -0.1) is 19.7 Å². The van der Waals surface area contributed by atoms with Gasteiger partial charge in [0.15, 0.2) is 17.5 Å². The minimum Gasteiger partial charge on any atom is -0.507 e. The molecule has 4 atom stereocenters. The maximum atomic E-state index is 13.4. The first-order valence-corrected chi connectivity index (χ1v) is 24.7. The summed E-state index contributed by atoms with van der Waals surface area (Å²) in [5, 5.41) is 36.1. The summed E-state index contributed by atoms with van der Waals surface area (Å²) in [4.78, 5) is 54.2. The Morgan fingerprint density at radius 1 is 0.522 bits per heavy atom. The average molecular weight is 948 g/mol. The fraction of sp³-hybridized carbons (Fsp3) is 0.464. The van der Waals surface area contributed by atoms with Crippen molar-refractivity contribution in [2.45, 2.75) is 151 Å². The number of phenolic OH excluding ortho intramolecular Hbond substituents is 3. The summed E-state index contributed by atoms with van der Waals surface area (Å²) in [7, 11) is 0. The molecule has 0 radical (unpaired) electrons. The Balaban J connectivity index is 1.94. The van der Waals surface area contributed by atoms with E-state index in [0.717, 1.165) is 38.5 Å². The minimum atomic E-state index is -0.990. The van der Waals surface area contributed by atoms with Crippen LogP contribution in [-0.4, -0.2) is 54.5 Å². The molecule has 1 heterocycles. The number of unbranched alkanes of at least 4 members (excludes halogenated alkanes) is 3. The van der Waals surface area contributed by atoms with E-state index in [-0.39, 0.29) is 123 Å². The van der Waals surface area contributed by atoms with Gasteiger partial charge < -0.3 is 34.3 Å². The van der Waals surface area contributed by atoms with Crippen molar-refractivity contribution in [1.29, 1.82) is 0 Å². The van der Waals surface area contributed by atoms with Gasteiger partial charge in [-0.05, 0) is 94.2 Å². The molecule has 0 aliphatic rings. The van der Waals surface area contributed by atoms with Crippen LogP contribution in [-0.2, 0) is 38.4 Å². The van der Waals surface area contributed by atoms with E-state index >= 15 is 0 Å². The van der Waals surface area contributed by atoms with Crippen molar-refractivity contribution < 1.29 is 48.7 Å². The number of ether oxygens (including phenoxy) is 4. The third kappa shape index (κ3) is 14.3. The molecular formula is C56H73N3O10.